The topological polar surface area (TPSA) is 148 Å². The van der Waals surface area contributed by atoms with Crippen molar-refractivity contribution >= 4 is 42.3 Å². The second-order valence-electron chi connectivity index (χ2n) is 8.78. The number of fused-ring (bicyclic) bond motifs is 1. The predicted octanol–water partition coefficient (Wildman–Crippen LogP) is 4.05. The number of thioether (sulfide) groups is 1. The highest BCUT2D eigenvalue weighted by molar-refractivity contribution is 8.00. The van der Waals surface area contributed by atoms with Crippen molar-refractivity contribution in [3.8, 4) is 5.75 Å². The first-order chi connectivity index (χ1) is 17.5. The molecule has 37 heavy (non-hydrogen) atoms. The number of hydrogen-bond donors (Lipinski definition) is 2. The number of nitrogen functional groups attached to an aromatic ring is 1. The molecule has 0 amide bonds. The third-order valence-electron chi connectivity index (χ3n) is 5.40. The monoisotopic (exact) mass is 554 g/mol. The van der Waals surface area contributed by atoms with Gasteiger partial charge in [-0.3, -0.25) is 13.9 Å². The van der Waals surface area contributed by atoms with E-state index in [0.29, 0.717) is 5.58 Å². The van der Waals surface area contributed by atoms with Gasteiger partial charge in [-0.05, 0) is 51.5 Å². The number of esters is 1. The van der Waals surface area contributed by atoms with Crippen LogP contribution in [0.1, 0.15) is 32.6 Å². The van der Waals surface area contributed by atoms with E-state index in [9.17, 15) is 18.5 Å². The fraction of sp³-hybridized carbons (Fsp3) is 0.435. The molecule has 5 atom stereocenters. The van der Waals surface area contributed by atoms with E-state index < -0.39 is 42.2 Å². The van der Waals surface area contributed by atoms with Gasteiger partial charge < -0.3 is 19.4 Å². The predicted molar refractivity (Wildman–Crippen MR) is 137 cm³/mol. The Morgan fingerprint density at radius 2 is 2.14 bits per heavy atom. The van der Waals surface area contributed by atoms with Crippen LogP contribution in [0, 0.1) is 0 Å². The van der Waals surface area contributed by atoms with Gasteiger partial charge in [0.25, 0.3) is 0 Å². The second kappa shape index (κ2) is 11.3. The molecule has 2 unspecified atom stereocenters. The average Bonchev–Trinajstić information content (AvgIpc) is 3.43. The standard InChI is InChI=1S/C23H28FN4O7PS/c1-13(2)34-22(29)14(3)27-36(31,35-16-5-4-15-7-9-32-19(15)10-16)33-12-17-11-18(24)21(37-17)28-8-6-20(25)26-23(28)30/h4-10,13-14,17-18,21H,11-12H2,1-3H3,(H,27,31)(H2,25,26,30)/t14-,17?,18-,21+,36?/m0/s1. The first kappa shape index (κ1) is 27.2. The molecule has 200 valence electrons. The maximum Gasteiger partial charge on any atom is 0.459 e. The number of anilines is 1. The molecule has 3 heterocycles. The number of benzene rings is 1. The highest BCUT2D eigenvalue weighted by Crippen LogP contribution is 2.49. The van der Waals surface area contributed by atoms with Crippen LogP contribution < -0.4 is 21.0 Å². The van der Waals surface area contributed by atoms with Crippen LogP contribution in [0.5, 0.6) is 5.75 Å². The fourth-order valence-electron chi connectivity index (χ4n) is 3.70. The van der Waals surface area contributed by atoms with Crippen molar-refractivity contribution in [1.29, 1.82) is 0 Å². The Morgan fingerprint density at radius 1 is 1.35 bits per heavy atom. The van der Waals surface area contributed by atoms with Gasteiger partial charge in [0, 0.05) is 22.9 Å². The molecule has 11 nitrogen and oxygen atoms in total. The summed E-state index contributed by atoms with van der Waals surface area (Å²) in [5, 5.41) is 2.12. The molecule has 1 aliphatic rings. The summed E-state index contributed by atoms with van der Waals surface area (Å²) in [7, 11) is -4.16. The lowest BCUT2D eigenvalue weighted by Gasteiger charge is -2.24. The number of nitrogens with zero attached hydrogens (tertiary/aromatic N) is 2. The maximum atomic E-state index is 14.8. The van der Waals surface area contributed by atoms with Gasteiger partial charge in [0.15, 0.2) is 0 Å². The van der Waals surface area contributed by atoms with Gasteiger partial charge in [-0.1, -0.05) is 0 Å². The lowest BCUT2D eigenvalue weighted by molar-refractivity contribution is -0.149. The average molecular weight is 555 g/mol. The normalized spacial score (nSPS) is 22.1. The number of nitrogens with one attached hydrogen (secondary N) is 1. The number of carbonyl (C=O) groups excluding carboxylic acids is 1. The largest absolute Gasteiger partial charge is 0.464 e. The number of rotatable bonds is 10. The Hall–Kier alpha value is -2.86. The quantitative estimate of drug-likeness (QED) is 0.276. The van der Waals surface area contributed by atoms with Gasteiger partial charge in [0.1, 0.15) is 34.7 Å². The molecule has 4 rings (SSSR count). The van der Waals surface area contributed by atoms with Crippen molar-refractivity contribution in [3.05, 3.63) is 53.3 Å². The van der Waals surface area contributed by atoms with Gasteiger partial charge in [0.05, 0.1) is 19.0 Å². The summed E-state index contributed by atoms with van der Waals surface area (Å²) in [6.45, 7) is 4.67. The second-order valence-corrected chi connectivity index (χ2v) is 11.9. The Bertz CT molecular complexity index is 1370. The molecule has 1 saturated heterocycles. The third kappa shape index (κ3) is 6.72. The molecule has 0 bridgehead atoms. The van der Waals surface area contributed by atoms with Gasteiger partial charge in [-0.25, -0.2) is 13.8 Å². The summed E-state index contributed by atoms with van der Waals surface area (Å²) in [5.74, 6) is -0.414. The van der Waals surface area contributed by atoms with Gasteiger partial charge in [0.2, 0.25) is 0 Å². The Balaban J connectivity index is 1.49. The molecule has 1 fully saturated rings. The van der Waals surface area contributed by atoms with Crippen LogP contribution in [0.4, 0.5) is 10.2 Å². The number of hydrogen-bond acceptors (Lipinski definition) is 10. The van der Waals surface area contributed by atoms with Crippen LogP contribution >= 0.6 is 19.5 Å². The van der Waals surface area contributed by atoms with Crippen molar-refractivity contribution < 1.29 is 32.0 Å². The molecular formula is C23H28FN4O7PS. The number of carbonyl (C=O) groups is 1. The van der Waals surface area contributed by atoms with Crippen LogP contribution in [0.15, 0.2) is 52.0 Å². The molecule has 0 spiro atoms. The number of ether oxygens (including phenoxy) is 1. The molecule has 1 aromatic carbocycles. The van der Waals surface area contributed by atoms with E-state index in [1.807, 2.05) is 0 Å². The first-order valence-corrected chi connectivity index (χ1v) is 14.1. The fourth-order valence-corrected chi connectivity index (χ4v) is 6.74. The Kier molecular flexibility index (Phi) is 8.27. The lowest BCUT2D eigenvalue weighted by Crippen LogP contribution is -2.36. The van der Waals surface area contributed by atoms with Crippen LogP contribution in [0.25, 0.3) is 11.0 Å². The number of alkyl halides is 1. The van der Waals surface area contributed by atoms with E-state index in [1.165, 1.54) is 30.0 Å². The summed E-state index contributed by atoms with van der Waals surface area (Å²) in [6, 6.07) is 7.00. The minimum absolute atomic E-state index is 0.0372. The SMILES string of the molecule is CC(C)OC(=O)[C@H](C)NP(=O)(OCC1C[C@H](F)[C@H](n2ccc(N)nc2=O)S1)Oc1ccc2ccoc2c1. The summed E-state index contributed by atoms with van der Waals surface area (Å²) in [6.07, 6.45) is 1.18. The molecule has 3 N–H and O–H groups in total. The van der Waals surface area contributed by atoms with E-state index in [-0.39, 0.29) is 30.7 Å². The first-order valence-electron chi connectivity index (χ1n) is 11.6. The van der Waals surface area contributed by atoms with Crippen LogP contribution in [-0.4, -0.2) is 45.7 Å². The molecular weight excluding hydrogens is 526 g/mol. The number of furan rings is 1. The minimum Gasteiger partial charge on any atom is -0.464 e. The summed E-state index contributed by atoms with van der Waals surface area (Å²) in [5.41, 5.74) is 5.37. The van der Waals surface area contributed by atoms with Crippen molar-refractivity contribution in [2.45, 2.75) is 56.1 Å². The highest BCUT2D eigenvalue weighted by Gasteiger charge is 2.40. The number of aromatic nitrogens is 2. The van der Waals surface area contributed by atoms with E-state index >= 15 is 0 Å². The summed E-state index contributed by atoms with van der Waals surface area (Å²) >= 11 is 1.15. The zero-order valence-electron chi connectivity index (χ0n) is 20.4. The van der Waals surface area contributed by atoms with Crippen molar-refractivity contribution in [2.75, 3.05) is 12.3 Å². The molecule has 2 aromatic heterocycles. The number of nitrogens with two attached hydrogens (primary N) is 1. The molecule has 0 aliphatic carbocycles. The molecule has 0 radical (unpaired) electrons. The molecule has 3 aromatic rings. The maximum absolute atomic E-state index is 14.8. The van der Waals surface area contributed by atoms with Crippen molar-refractivity contribution in [2.24, 2.45) is 0 Å². The minimum atomic E-state index is -4.16. The van der Waals surface area contributed by atoms with E-state index in [0.717, 1.165) is 17.1 Å². The zero-order chi connectivity index (χ0) is 26.7. The van der Waals surface area contributed by atoms with Crippen molar-refractivity contribution in [1.82, 2.24) is 14.6 Å². The lowest BCUT2D eigenvalue weighted by atomic mass is 10.2. The van der Waals surface area contributed by atoms with Gasteiger partial charge in [-0.2, -0.15) is 10.1 Å². The zero-order valence-corrected chi connectivity index (χ0v) is 22.1. The highest BCUT2D eigenvalue weighted by atomic mass is 32.2. The molecule has 14 heteroatoms. The van der Waals surface area contributed by atoms with Crippen LogP contribution in [0.2, 0.25) is 0 Å². The Morgan fingerprint density at radius 3 is 2.86 bits per heavy atom. The Labute approximate surface area is 216 Å². The number of halogens is 1. The van der Waals surface area contributed by atoms with E-state index in [4.69, 9.17) is 23.9 Å². The molecule has 1 aliphatic heterocycles. The van der Waals surface area contributed by atoms with Crippen LogP contribution in [-0.2, 0) is 18.6 Å². The van der Waals surface area contributed by atoms with Gasteiger partial charge in [-0.15, -0.1) is 11.8 Å². The summed E-state index contributed by atoms with van der Waals surface area (Å²) < 4.78 is 51.7. The van der Waals surface area contributed by atoms with Crippen molar-refractivity contribution in [3.63, 3.8) is 0 Å². The third-order valence-corrected chi connectivity index (χ3v) is 8.55. The molecule has 0 saturated carbocycles. The van der Waals surface area contributed by atoms with E-state index in [1.54, 1.807) is 38.1 Å². The smallest absolute Gasteiger partial charge is 0.459 e. The summed E-state index contributed by atoms with van der Waals surface area (Å²) in [4.78, 5) is 28.2. The van der Waals surface area contributed by atoms with Gasteiger partial charge >= 0.3 is 19.4 Å². The van der Waals surface area contributed by atoms with Crippen LogP contribution in [0.3, 0.4) is 0 Å². The van der Waals surface area contributed by atoms with E-state index in [2.05, 4.69) is 10.1 Å².